The molecule has 0 bridgehead atoms. The van der Waals surface area contributed by atoms with E-state index in [0.29, 0.717) is 18.8 Å². The molecule has 0 atom stereocenters. The summed E-state index contributed by atoms with van der Waals surface area (Å²) in [6.45, 7) is 8.13. The van der Waals surface area contributed by atoms with Crippen LogP contribution in [0.25, 0.3) is 23.2 Å². The molecule has 1 fully saturated rings. The van der Waals surface area contributed by atoms with Crippen molar-refractivity contribution in [2.24, 2.45) is 7.05 Å². The van der Waals surface area contributed by atoms with E-state index in [2.05, 4.69) is 73.4 Å². The average molecular weight is 480 g/mol. The van der Waals surface area contributed by atoms with E-state index in [4.69, 9.17) is 5.10 Å². The third-order valence-corrected chi connectivity index (χ3v) is 6.86. The van der Waals surface area contributed by atoms with Crippen molar-refractivity contribution >= 4 is 12.0 Å². The van der Waals surface area contributed by atoms with Crippen molar-refractivity contribution < 1.29 is 4.79 Å². The fraction of sp³-hybridized carbons (Fsp3) is 0.267. The van der Waals surface area contributed by atoms with Crippen molar-refractivity contribution in [2.45, 2.75) is 13.8 Å². The van der Waals surface area contributed by atoms with E-state index >= 15 is 0 Å². The Bertz CT molecular complexity index is 1370. The number of benzene rings is 2. The molecule has 0 spiro atoms. The molecule has 184 valence electrons. The van der Waals surface area contributed by atoms with Crippen molar-refractivity contribution in [3.8, 4) is 17.1 Å². The molecule has 0 radical (unpaired) electrons. The van der Waals surface area contributed by atoms with E-state index in [0.717, 1.165) is 47.8 Å². The number of hydrogen-bond acceptors (Lipinski definition) is 3. The van der Waals surface area contributed by atoms with E-state index in [1.807, 2.05) is 51.7 Å². The van der Waals surface area contributed by atoms with Crippen LogP contribution >= 0.6 is 0 Å². The quantitative estimate of drug-likeness (QED) is 0.392. The summed E-state index contributed by atoms with van der Waals surface area (Å²) >= 11 is 0. The first-order valence-electron chi connectivity index (χ1n) is 12.5. The molecule has 0 saturated carbocycles. The van der Waals surface area contributed by atoms with E-state index in [-0.39, 0.29) is 5.91 Å². The average Bonchev–Trinajstić information content (AvgIpc) is 3.52. The molecule has 6 nitrogen and oxygen atoms in total. The SMILES string of the molecule is Cc1ccc(C)c(-n2nc(-c3cccn3C)cc2C(=O)N2CCN(C/C=C/c3ccccc3)CC2)c1. The predicted octanol–water partition coefficient (Wildman–Crippen LogP) is 4.97. The maximum atomic E-state index is 13.8. The van der Waals surface area contributed by atoms with Crippen LogP contribution in [-0.2, 0) is 7.05 Å². The third-order valence-electron chi connectivity index (χ3n) is 6.86. The Morgan fingerprint density at radius 3 is 2.44 bits per heavy atom. The van der Waals surface area contributed by atoms with Crippen molar-refractivity contribution in [1.82, 2.24) is 24.1 Å². The van der Waals surface area contributed by atoms with Gasteiger partial charge in [0.25, 0.3) is 5.91 Å². The highest BCUT2D eigenvalue weighted by atomic mass is 16.2. The number of hydrogen-bond donors (Lipinski definition) is 0. The van der Waals surface area contributed by atoms with Crippen molar-refractivity contribution in [1.29, 1.82) is 0 Å². The summed E-state index contributed by atoms with van der Waals surface area (Å²) < 4.78 is 3.87. The Kier molecular flexibility index (Phi) is 6.87. The van der Waals surface area contributed by atoms with Gasteiger partial charge in [-0.3, -0.25) is 9.69 Å². The van der Waals surface area contributed by atoms with Gasteiger partial charge in [-0.1, -0.05) is 54.6 Å². The van der Waals surface area contributed by atoms with Gasteiger partial charge in [0.05, 0.1) is 11.4 Å². The number of aromatic nitrogens is 3. The number of piperazine rings is 1. The molecule has 2 aromatic heterocycles. The molecule has 5 rings (SSSR count). The molecule has 0 unspecified atom stereocenters. The lowest BCUT2D eigenvalue weighted by molar-refractivity contribution is 0.0641. The summed E-state index contributed by atoms with van der Waals surface area (Å²) in [4.78, 5) is 18.1. The smallest absolute Gasteiger partial charge is 0.272 e. The second-order valence-electron chi connectivity index (χ2n) is 9.53. The van der Waals surface area contributed by atoms with Gasteiger partial charge in [-0.05, 0) is 54.8 Å². The molecule has 36 heavy (non-hydrogen) atoms. The van der Waals surface area contributed by atoms with Crippen LogP contribution in [0.3, 0.4) is 0 Å². The zero-order chi connectivity index (χ0) is 25.1. The summed E-state index contributed by atoms with van der Waals surface area (Å²) in [5.74, 6) is 0.0309. The van der Waals surface area contributed by atoms with Gasteiger partial charge in [0.2, 0.25) is 0 Å². The van der Waals surface area contributed by atoms with Crippen LogP contribution < -0.4 is 0 Å². The number of nitrogens with zero attached hydrogens (tertiary/aromatic N) is 5. The highest BCUT2D eigenvalue weighted by Crippen LogP contribution is 2.25. The summed E-state index contributed by atoms with van der Waals surface area (Å²) in [5, 5.41) is 4.91. The maximum absolute atomic E-state index is 13.8. The highest BCUT2D eigenvalue weighted by molar-refractivity contribution is 5.94. The lowest BCUT2D eigenvalue weighted by Gasteiger charge is -2.34. The number of carbonyl (C=O) groups is 1. The predicted molar refractivity (Wildman–Crippen MR) is 145 cm³/mol. The van der Waals surface area contributed by atoms with Crippen LogP contribution in [0.1, 0.15) is 27.2 Å². The number of amides is 1. The lowest BCUT2D eigenvalue weighted by Crippen LogP contribution is -2.49. The van der Waals surface area contributed by atoms with Gasteiger partial charge in [0.15, 0.2) is 0 Å². The number of rotatable bonds is 6. The minimum Gasteiger partial charge on any atom is -0.349 e. The fourth-order valence-electron chi connectivity index (χ4n) is 4.71. The monoisotopic (exact) mass is 479 g/mol. The first-order valence-corrected chi connectivity index (χ1v) is 12.5. The summed E-state index contributed by atoms with van der Waals surface area (Å²) in [6, 6.07) is 22.6. The van der Waals surface area contributed by atoms with Gasteiger partial charge < -0.3 is 9.47 Å². The molecule has 4 aromatic rings. The first-order chi connectivity index (χ1) is 17.5. The molecule has 2 aromatic carbocycles. The zero-order valence-corrected chi connectivity index (χ0v) is 21.3. The summed E-state index contributed by atoms with van der Waals surface area (Å²) in [5.41, 5.74) is 6.79. The maximum Gasteiger partial charge on any atom is 0.272 e. The van der Waals surface area contributed by atoms with Crippen molar-refractivity contribution in [3.63, 3.8) is 0 Å². The molecule has 1 amide bonds. The minimum absolute atomic E-state index is 0.0309. The molecule has 3 heterocycles. The summed E-state index contributed by atoms with van der Waals surface area (Å²) in [7, 11) is 2.00. The highest BCUT2D eigenvalue weighted by Gasteiger charge is 2.26. The van der Waals surface area contributed by atoms with Crippen LogP contribution in [0, 0.1) is 13.8 Å². The molecule has 0 N–H and O–H groups in total. The van der Waals surface area contributed by atoms with Crippen molar-refractivity contribution in [2.75, 3.05) is 32.7 Å². The molecule has 0 aliphatic carbocycles. The van der Waals surface area contributed by atoms with Crippen LogP contribution in [-0.4, -0.2) is 62.8 Å². The lowest BCUT2D eigenvalue weighted by atomic mass is 10.1. The van der Waals surface area contributed by atoms with Gasteiger partial charge in [0, 0.05) is 46.0 Å². The molecule has 6 heteroatoms. The van der Waals surface area contributed by atoms with E-state index < -0.39 is 0 Å². The van der Waals surface area contributed by atoms with E-state index in [9.17, 15) is 4.79 Å². The van der Waals surface area contributed by atoms with Gasteiger partial charge in [-0.2, -0.15) is 5.10 Å². The van der Waals surface area contributed by atoms with Crippen molar-refractivity contribution in [3.05, 3.63) is 101 Å². The van der Waals surface area contributed by atoms with E-state index in [1.165, 1.54) is 5.56 Å². The third kappa shape index (κ3) is 5.04. The Balaban J connectivity index is 1.35. The Morgan fingerprint density at radius 2 is 1.72 bits per heavy atom. The molecule has 1 aliphatic rings. The topological polar surface area (TPSA) is 46.3 Å². The first kappa shape index (κ1) is 23.8. The largest absolute Gasteiger partial charge is 0.349 e. The second-order valence-corrected chi connectivity index (χ2v) is 9.53. The van der Waals surface area contributed by atoms with E-state index in [1.54, 1.807) is 0 Å². The normalized spacial score (nSPS) is 14.6. The molecular weight excluding hydrogens is 446 g/mol. The van der Waals surface area contributed by atoms with Gasteiger partial charge in [-0.25, -0.2) is 4.68 Å². The van der Waals surface area contributed by atoms with Crippen LogP contribution in [0.15, 0.2) is 79.0 Å². The zero-order valence-electron chi connectivity index (χ0n) is 21.3. The van der Waals surface area contributed by atoms with Crippen LogP contribution in [0.2, 0.25) is 0 Å². The molecule has 1 saturated heterocycles. The number of aryl methyl sites for hydroxylation is 3. The van der Waals surface area contributed by atoms with Gasteiger partial charge >= 0.3 is 0 Å². The van der Waals surface area contributed by atoms with Gasteiger partial charge in [0.1, 0.15) is 11.4 Å². The van der Waals surface area contributed by atoms with Crippen LogP contribution in [0.4, 0.5) is 0 Å². The fourth-order valence-corrected chi connectivity index (χ4v) is 4.71. The molecular formula is C30H33N5O. The Hall–Kier alpha value is -3.90. The standard InChI is InChI=1S/C30H33N5O/c1-23-13-14-24(2)28(21-23)35-29(22-26(31-35)27-12-8-15-32(27)3)30(36)34-19-17-33(18-20-34)16-7-11-25-9-5-4-6-10-25/h4-15,21-22H,16-20H2,1-3H3/b11-7+. The number of carbonyl (C=O) groups excluding carboxylic acids is 1. The Morgan fingerprint density at radius 1 is 0.944 bits per heavy atom. The molecule has 1 aliphatic heterocycles. The van der Waals surface area contributed by atoms with Gasteiger partial charge in [-0.15, -0.1) is 0 Å². The Labute approximate surface area is 213 Å². The van der Waals surface area contributed by atoms with Crippen LogP contribution in [0.5, 0.6) is 0 Å². The summed E-state index contributed by atoms with van der Waals surface area (Å²) in [6.07, 6.45) is 6.36. The second kappa shape index (κ2) is 10.4. The minimum atomic E-state index is 0.0309.